The Morgan fingerprint density at radius 3 is 2.43 bits per heavy atom. The summed E-state index contributed by atoms with van der Waals surface area (Å²) in [5, 5.41) is -0.0492. The van der Waals surface area contributed by atoms with Crippen LogP contribution in [0.2, 0.25) is 5.02 Å². The minimum atomic E-state index is -3.43. The lowest BCUT2D eigenvalue weighted by molar-refractivity contribution is 0.0500. The quantitative estimate of drug-likeness (QED) is 0.587. The average molecular weight is 357 g/mol. The van der Waals surface area contributed by atoms with Gasteiger partial charge in [0.05, 0.1) is 22.3 Å². The molecule has 0 heterocycles. The van der Waals surface area contributed by atoms with E-state index >= 15 is 0 Å². The van der Waals surface area contributed by atoms with Crippen LogP contribution in [0.3, 0.4) is 0 Å². The largest absolute Gasteiger partial charge is 0.462 e. The molecule has 0 radical (unpaired) electrons. The van der Waals surface area contributed by atoms with Gasteiger partial charge < -0.3 is 4.74 Å². The molecule has 0 aromatic heterocycles. The van der Waals surface area contributed by atoms with E-state index in [-0.39, 0.29) is 34.3 Å². The maximum atomic E-state index is 13.5. The molecule has 0 bridgehead atoms. The van der Waals surface area contributed by atoms with Crippen molar-refractivity contribution in [2.75, 3.05) is 12.4 Å². The smallest absolute Gasteiger partial charge is 0.342 e. The molecule has 0 spiro atoms. The Morgan fingerprint density at radius 2 is 1.78 bits per heavy atom. The molecule has 4 nitrogen and oxygen atoms in total. The van der Waals surface area contributed by atoms with Crippen LogP contribution in [0.25, 0.3) is 0 Å². The summed E-state index contributed by atoms with van der Waals surface area (Å²) in [6, 6.07) is 11.8. The molecule has 0 atom stereocenters. The molecule has 0 amide bonds. The summed E-state index contributed by atoms with van der Waals surface area (Å²) in [7, 11) is -3.43. The van der Waals surface area contributed by atoms with Crippen molar-refractivity contribution in [1.29, 1.82) is 0 Å². The lowest BCUT2D eigenvalue weighted by Gasteiger charge is -2.08. The van der Waals surface area contributed by atoms with Crippen molar-refractivity contribution >= 4 is 27.4 Å². The van der Waals surface area contributed by atoms with Crippen LogP contribution in [-0.2, 0) is 14.6 Å². The summed E-state index contributed by atoms with van der Waals surface area (Å²) < 4.78 is 42.5. The van der Waals surface area contributed by atoms with E-state index in [0.717, 1.165) is 6.07 Å². The van der Waals surface area contributed by atoms with Crippen LogP contribution in [0.4, 0.5) is 4.39 Å². The summed E-state index contributed by atoms with van der Waals surface area (Å²) in [5.41, 5.74) is -0.347. The molecule has 2 aromatic carbocycles. The third-order valence-corrected chi connectivity index (χ3v) is 5.19. The topological polar surface area (TPSA) is 60.4 Å². The van der Waals surface area contributed by atoms with E-state index in [4.69, 9.17) is 16.3 Å². The molecular weight excluding hydrogens is 343 g/mol. The fraction of sp³-hybridized carbons (Fsp3) is 0.188. The second-order valence-electron chi connectivity index (χ2n) is 4.72. The molecule has 7 heteroatoms. The van der Waals surface area contributed by atoms with E-state index in [1.165, 1.54) is 24.3 Å². The van der Waals surface area contributed by atoms with Gasteiger partial charge in [0, 0.05) is 0 Å². The van der Waals surface area contributed by atoms with Crippen molar-refractivity contribution in [2.45, 2.75) is 11.3 Å². The molecule has 0 aliphatic heterocycles. The number of halogens is 2. The number of benzene rings is 2. The first-order valence-corrected chi connectivity index (χ1v) is 8.84. The van der Waals surface area contributed by atoms with E-state index in [9.17, 15) is 17.6 Å². The van der Waals surface area contributed by atoms with E-state index in [0.29, 0.717) is 0 Å². The minimum Gasteiger partial charge on any atom is -0.462 e. The Hall–Kier alpha value is -1.92. The maximum Gasteiger partial charge on any atom is 0.342 e. The Kier molecular flexibility index (Phi) is 5.74. The Bertz CT molecular complexity index is 771. The van der Waals surface area contributed by atoms with Crippen LogP contribution >= 0.6 is 11.6 Å². The number of carbonyl (C=O) groups is 1. The van der Waals surface area contributed by atoms with E-state index in [1.54, 1.807) is 18.2 Å². The zero-order chi connectivity index (χ0) is 16.9. The van der Waals surface area contributed by atoms with Crippen molar-refractivity contribution in [1.82, 2.24) is 0 Å². The van der Waals surface area contributed by atoms with E-state index < -0.39 is 21.6 Å². The standard InChI is InChI=1S/C16H14ClFO4S/c17-13-8-4-9-14(18)15(13)16(19)22-10-5-11-23(20,21)12-6-2-1-3-7-12/h1-4,6-9H,5,10-11H2. The molecule has 0 saturated heterocycles. The van der Waals surface area contributed by atoms with Gasteiger partial charge in [-0.3, -0.25) is 0 Å². The summed E-state index contributed by atoms with van der Waals surface area (Å²) >= 11 is 5.75. The van der Waals surface area contributed by atoms with E-state index in [1.807, 2.05) is 0 Å². The Balaban J connectivity index is 1.90. The van der Waals surface area contributed by atoms with Gasteiger partial charge in [-0.15, -0.1) is 0 Å². The molecule has 23 heavy (non-hydrogen) atoms. The summed E-state index contributed by atoms with van der Waals surface area (Å²) in [4.78, 5) is 12.0. The van der Waals surface area contributed by atoms with Crippen LogP contribution in [-0.4, -0.2) is 26.7 Å². The van der Waals surface area contributed by atoms with Crippen molar-refractivity contribution in [3.63, 3.8) is 0 Å². The zero-order valence-corrected chi connectivity index (χ0v) is 13.6. The lowest BCUT2D eigenvalue weighted by atomic mass is 10.2. The third kappa shape index (κ3) is 4.53. The Labute approximate surface area is 138 Å². The second kappa shape index (κ2) is 7.57. The van der Waals surface area contributed by atoms with Crippen molar-refractivity contribution in [3.05, 3.63) is 64.9 Å². The first-order chi connectivity index (χ1) is 10.9. The van der Waals surface area contributed by atoms with Gasteiger partial charge in [-0.25, -0.2) is 17.6 Å². The van der Waals surface area contributed by atoms with Gasteiger partial charge >= 0.3 is 5.97 Å². The number of sulfone groups is 1. The molecule has 0 aliphatic rings. The average Bonchev–Trinajstić information content (AvgIpc) is 2.52. The van der Waals surface area contributed by atoms with Crippen molar-refractivity contribution in [2.24, 2.45) is 0 Å². The highest BCUT2D eigenvalue weighted by Crippen LogP contribution is 2.20. The highest BCUT2D eigenvalue weighted by molar-refractivity contribution is 7.91. The SMILES string of the molecule is O=C(OCCCS(=O)(=O)c1ccccc1)c1c(F)cccc1Cl. The monoisotopic (exact) mass is 356 g/mol. The predicted octanol–water partition coefficient (Wildman–Crippen LogP) is 3.50. The molecule has 2 rings (SSSR count). The van der Waals surface area contributed by atoms with Gasteiger partial charge in [-0.2, -0.15) is 0 Å². The minimum absolute atomic E-state index is 0.0492. The molecule has 122 valence electrons. The maximum absolute atomic E-state index is 13.5. The number of hydrogen-bond donors (Lipinski definition) is 0. The number of ether oxygens (including phenoxy) is 1. The number of rotatable bonds is 6. The zero-order valence-electron chi connectivity index (χ0n) is 12.0. The fourth-order valence-corrected chi connectivity index (χ4v) is 3.47. The van der Waals surface area contributed by atoms with E-state index in [2.05, 4.69) is 0 Å². The van der Waals surface area contributed by atoms with Crippen LogP contribution < -0.4 is 0 Å². The molecule has 0 fully saturated rings. The Morgan fingerprint density at radius 1 is 1.09 bits per heavy atom. The second-order valence-corrected chi connectivity index (χ2v) is 7.23. The first-order valence-electron chi connectivity index (χ1n) is 6.81. The molecule has 0 aliphatic carbocycles. The van der Waals surface area contributed by atoms with Crippen molar-refractivity contribution < 1.29 is 22.3 Å². The molecular formula is C16H14ClFO4S. The summed E-state index contributed by atoms with van der Waals surface area (Å²) in [6.07, 6.45) is 0.106. The molecule has 0 saturated carbocycles. The highest BCUT2D eigenvalue weighted by atomic mass is 35.5. The van der Waals surface area contributed by atoms with Crippen LogP contribution in [0.15, 0.2) is 53.4 Å². The number of hydrogen-bond acceptors (Lipinski definition) is 4. The van der Waals surface area contributed by atoms with Gasteiger partial charge in [0.1, 0.15) is 11.4 Å². The van der Waals surface area contributed by atoms with Gasteiger partial charge in [0.2, 0.25) is 0 Å². The first kappa shape index (κ1) is 17.4. The number of carbonyl (C=O) groups excluding carboxylic acids is 1. The normalized spacial score (nSPS) is 11.2. The summed E-state index contributed by atoms with van der Waals surface area (Å²) in [6.45, 7) is -0.143. The van der Waals surface area contributed by atoms with Crippen LogP contribution in [0.1, 0.15) is 16.8 Å². The van der Waals surface area contributed by atoms with Gasteiger partial charge in [-0.05, 0) is 30.7 Å². The fourth-order valence-electron chi connectivity index (χ4n) is 1.92. The predicted molar refractivity (Wildman–Crippen MR) is 84.8 cm³/mol. The third-order valence-electron chi connectivity index (χ3n) is 3.06. The molecule has 0 unspecified atom stereocenters. The molecule has 2 aromatic rings. The lowest BCUT2D eigenvalue weighted by Crippen LogP contribution is -2.13. The molecule has 0 N–H and O–H groups in total. The summed E-state index contributed by atoms with van der Waals surface area (Å²) in [5.74, 6) is -1.86. The van der Waals surface area contributed by atoms with Gasteiger partial charge in [0.25, 0.3) is 0 Å². The highest BCUT2D eigenvalue weighted by Gasteiger charge is 2.18. The van der Waals surface area contributed by atoms with Gasteiger partial charge in [0.15, 0.2) is 9.84 Å². The van der Waals surface area contributed by atoms with Crippen molar-refractivity contribution in [3.8, 4) is 0 Å². The number of esters is 1. The van der Waals surface area contributed by atoms with Gasteiger partial charge in [-0.1, -0.05) is 35.9 Å². The van der Waals surface area contributed by atoms with Crippen LogP contribution in [0.5, 0.6) is 0 Å². The van der Waals surface area contributed by atoms with Crippen LogP contribution in [0, 0.1) is 5.82 Å².